The molecular weight excluding hydrogens is 240 g/mol. The summed E-state index contributed by atoms with van der Waals surface area (Å²) in [5, 5.41) is 9.81. The van der Waals surface area contributed by atoms with Crippen LogP contribution in [0.5, 0.6) is 0 Å². The lowest BCUT2D eigenvalue weighted by Gasteiger charge is -2.40. The highest BCUT2D eigenvalue weighted by Crippen LogP contribution is 2.35. The van der Waals surface area contributed by atoms with Gasteiger partial charge in [-0.05, 0) is 51.9 Å². The fourth-order valence-corrected chi connectivity index (χ4v) is 4.22. The van der Waals surface area contributed by atoms with Crippen molar-refractivity contribution >= 4 is 5.91 Å². The molecule has 0 spiro atoms. The predicted octanol–water partition coefficient (Wildman–Crippen LogP) is 1.38. The molecule has 2 bridgehead atoms. The van der Waals surface area contributed by atoms with Crippen LogP contribution in [0.4, 0.5) is 0 Å². The predicted molar refractivity (Wildman–Crippen MR) is 73.8 cm³/mol. The third-order valence-electron chi connectivity index (χ3n) is 5.30. The number of hydrogen-bond acceptors (Lipinski definition) is 3. The Kier molecular flexibility index (Phi) is 3.81. The number of carbonyl (C=O) groups excluding carboxylic acids is 1. The Balaban J connectivity index is 1.60. The SMILES string of the molecule is CC1CCCCN1C(=O)CN1C2CCC1CC(O)C2. The van der Waals surface area contributed by atoms with Crippen molar-refractivity contribution in [3.63, 3.8) is 0 Å². The molecular formula is C15H26N2O2. The molecule has 3 atom stereocenters. The minimum Gasteiger partial charge on any atom is -0.393 e. The average Bonchev–Trinajstić information content (AvgIpc) is 2.62. The maximum Gasteiger partial charge on any atom is 0.237 e. The van der Waals surface area contributed by atoms with Crippen LogP contribution in [0, 0.1) is 0 Å². The summed E-state index contributed by atoms with van der Waals surface area (Å²) in [4.78, 5) is 16.9. The standard InChI is InChI=1S/C15H26N2O2/c1-11-4-2-3-7-16(11)15(19)10-17-12-5-6-13(17)9-14(18)8-12/h11-14,18H,2-10H2,1H3. The van der Waals surface area contributed by atoms with Crippen LogP contribution in [0.1, 0.15) is 51.9 Å². The summed E-state index contributed by atoms with van der Waals surface area (Å²) in [7, 11) is 0. The molecule has 108 valence electrons. The van der Waals surface area contributed by atoms with Crippen LogP contribution in [0.3, 0.4) is 0 Å². The van der Waals surface area contributed by atoms with E-state index in [1.165, 1.54) is 6.42 Å². The van der Waals surface area contributed by atoms with Gasteiger partial charge in [0.25, 0.3) is 0 Å². The number of aliphatic hydroxyl groups is 1. The first kappa shape index (κ1) is 13.4. The van der Waals surface area contributed by atoms with E-state index in [0.717, 1.165) is 45.1 Å². The van der Waals surface area contributed by atoms with E-state index < -0.39 is 0 Å². The summed E-state index contributed by atoms with van der Waals surface area (Å²) in [6, 6.07) is 1.30. The Morgan fingerprint density at radius 1 is 1.16 bits per heavy atom. The monoisotopic (exact) mass is 266 g/mol. The lowest BCUT2D eigenvalue weighted by atomic mass is 9.99. The molecule has 0 aromatic carbocycles. The largest absolute Gasteiger partial charge is 0.393 e. The Bertz CT molecular complexity index is 333. The second-order valence-corrected chi connectivity index (χ2v) is 6.61. The number of nitrogens with zero attached hydrogens (tertiary/aromatic N) is 2. The lowest BCUT2D eigenvalue weighted by molar-refractivity contribution is -0.137. The van der Waals surface area contributed by atoms with Crippen LogP contribution < -0.4 is 0 Å². The van der Waals surface area contributed by atoms with Gasteiger partial charge in [-0.2, -0.15) is 0 Å². The maximum atomic E-state index is 12.5. The van der Waals surface area contributed by atoms with Gasteiger partial charge in [0, 0.05) is 24.7 Å². The van der Waals surface area contributed by atoms with E-state index in [2.05, 4.69) is 16.7 Å². The number of rotatable bonds is 2. The van der Waals surface area contributed by atoms with Gasteiger partial charge in [0.15, 0.2) is 0 Å². The van der Waals surface area contributed by atoms with E-state index in [1.54, 1.807) is 0 Å². The van der Waals surface area contributed by atoms with Crippen molar-refractivity contribution in [3.8, 4) is 0 Å². The molecule has 3 aliphatic heterocycles. The summed E-state index contributed by atoms with van der Waals surface area (Å²) < 4.78 is 0. The molecule has 1 N–H and O–H groups in total. The Morgan fingerprint density at radius 3 is 2.47 bits per heavy atom. The van der Waals surface area contributed by atoms with Crippen LogP contribution >= 0.6 is 0 Å². The van der Waals surface area contributed by atoms with Crippen molar-refractivity contribution in [1.82, 2.24) is 9.80 Å². The molecule has 0 aliphatic carbocycles. The second kappa shape index (κ2) is 5.41. The van der Waals surface area contributed by atoms with Crippen LogP contribution in [-0.2, 0) is 4.79 Å². The maximum absolute atomic E-state index is 12.5. The van der Waals surface area contributed by atoms with Crippen LogP contribution in [-0.4, -0.2) is 58.1 Å². The van der Waals surface area contributed by atoms with Crippen molar-refractivity contribution in [1.29, 1.82) is 0 Å². The number of piperidine rings is 2. The number of hydrogen-bond donors (Lipinski definition) is 1. The Labute approximate surface area is 115 Å². The fraction of sp³-hybridized carbons (Fsp3) is 0.933. The molecule has 3 fully saturated rings. The summed E-state index contributed by atoms with van der Waals surface area (Å²) in [6.45, 7) is 3.68. The van der Waals surface area contributed by atoms with Crippen LogP contribution in [0.2, 0.25) is 0 Å². The smallest absolute Gasteiger partial charge is 0.237 e. The minimum atomic E-state index is -0.141. The summed E-state index contributed by atoms with van der Waals surface area (Å²) in [5.74, 6) is 0.306. The van der Waals surface area contributed by atoms with Gasteiger partial charge >= 0.3 is 0 Å². The van der Waals surface area contributed by atoms with E-state index >= 15 is 0 Å². The third-order valence-corrected chi connectivity index (χ3v) is 5.30. The van der Waals surface area contributed by atoms with Gasteiger partial charge in [-0.15, -0.1) is 0 Å². The quantitative estimate of drug-likeness (QED) is 0.821. The van der Waals surface area contributed by atoms with Gasteiger partial charge in [0.1, 0.15) is 0 Å². The number of carbonyl (C=O) groups is 1. The molecule has 19 heavy (non-hydrogen) atoms. The first-order valence-electron chi connectivity index (χ1n) is 7.88. The van der Waals surface area contributed by atoms with Crippen molar-refractivity contribution in [2.75, 3.05) is 13.1 Å². The van der Waals surface area contributed by atoms with Gasteiger partial charge in [-0.25, -0.2) is 0 Å². The fourth-order valence-electron chi connectivity index (χ4n) is 4.22. The number of aliphatic hydroxyl groups excluding tert-OH is 1. The molecule has 3 heterocycles. The third kappa shape index (κ3) is 2.65. The van der Waals surface area contributed by atoms with E-state index in [4.69, 9.17) is 0 Å². The first-order valence-corrected chi connectivity index (χ1v) is 7.88. The molecule has 0 aromatic heterocycles. The molecule has 0 saturated carbocycles. The number of likely N-dealkylation sites (tertiary alicyclic amines) is 1. The molecule has 3 rings (SSSR count). The van der Waals surface area contributed by atoms with E-state index in [0.29, 0.717) is 30.6 Å². The molecule has 3 saturated heterocycles. The minimum absolute atomic E-state index is 0.141. The molecule has 4 nitrogen and oxygen atoms in total. The Hall–Kier alpha value is -0.610. The zero-order chi connectivity index (χ0) is 13.4. The van der Waals surface area contributed by atoms with E-state index in [9.17, 15) is 9.90 Å². The Morgan fingerprint density at radius 2 is 1.84 bits per heavy atom. The molecule has 3 unspecified atom stereocenters. The van der Waals surface area contributed by atoms with Crippen molar-refractivity contribution in [3.05, 3.63) is 0 Å². The number of fused-ring (bicyclic) bond motifs is 2. The van der Waals surface area contributed by atoms with Crippen LogP contribution in [0.25, 0.3) is 0 Å². The average molecular weight is 266 g/mol. The molecule has 0 aromatic rings. The first-order chi connectivity index (χ1) is 9.15. The molecule has 4 heteroatoms. The van der Waals surface area contributed by atoms with Crippen LogP contribution in [0.15, 0.2) is 0 Å². The van der Waals surface area contributed by atoms with Crippen molar-refractivity contribution < 1.29 is 9.90 Å². The molecule has 3 aliphatic rings. The van der Waals surface area contributed by atoms with Gasteiger partial charge < -0.3 is 10.0 Å². The highest BCUT2D eigenvalue weighted by molar-refractivity contribution is 5.78. The van der Waals surface area contributed by atoms with Crippen molar-refractivity contribution in [2.24, 2.45) is 0 Å². The molecule has 1 amide bonds. The highest BCUT2D eigenvalue weighted by Gasteiger charge is 2.41. The lowest BCUT2D eigenvalue weighted by Crippen LogP contribution is -2.52. The molecule has 0 radical (unpaired) electrons. The van der Waals surface area contributed by atoms with Crippen molar-refractivity contribution in [2.45, 2.75) is 76.1 Å². The number of amides is 1. The summed E-state index contributed by atoms with van der Waals surface area (Å²) in [6.07, 6.45) is 7.46. The normalized spacial score (nSPS) is 39.6. The van der Waals surface area contributed by atoms with Gasteiger partial charge in [0.2, 0.25) is 5.91 Å². The second-order valence-electron chi connectivity index (χ2n) is 6.61. The van der Waals surface area contributed by atoms with Gasteiger partial charge in [-0.1, -0.05) is 0 Å². The van der Waals surface area contributed by atoms with E-state index in [-0.39, 0.29) is 6.10 Å². The highest BCUT2D eigenvalue weighted by atomic mass is 16.3. The van der Waals surface area contributed by atoms with Gasteiger partial charge in [-0.3, -0.25) is 9.69 Å². The summed E-state index contributed by atoms with van der Waals surface area (Å²) in [5.41, 5.74) is 0. The van der Waals surface area contributed by atoms with E-state index in [1.807, 2.05) is 0 Å². The zero-order valence-corrected chi connectivity index (χ0v) is 11.9. The zero-order valence-electron chi connectivity index (χ0n) is 11.9. The summed E-state index contributed by atoms with van der Waals surface area (Å²) >= 11 is 0. The topological polar surface area (TPSA) is 43.8 Å². The van der Waals surface area contributed by atoms with Gasteiger partial charge in [0.05, 0.1) is 12.6 Å².